The van der Waals surface area contributed by atoms with Gasteiger partial charge in [0, 0.05) is 46.6 Å². The molecule has 6 nitrogen and oxygen atoms in total. The number of rotatable bonds is 1. The molecule has 4 heterocycles. The van der Waals surface area contributed by atoms with Gasteiger partial charge in [-0.1, -0.05) is 6.07 Å². The minimum Gasteiger partial charge on any atom is -0.482 e. The molecule has 3 aromatic heterocycles. The number of nitrogen functional groups attached to an aromatic ring is 1. The highest BCUT2D eigenvalue weighted by Crippen LogP contribution is 2.48. The molecular weight excluding hydrogens is 429 g/mol. The van der Waals surface area contributed by atoms with Crippen molar-refractivity contribution in [2.75, 3.05) is 5.73 Å². The highest BCUT2D eigenvalue weighted by Gasteiger charge is 2.35. The molecular formula is C27H26FN5O. The van der Waals surface area contributed by atoms with Crippen molar-refractivity contribution in [3.05, 3.63) is 76.5 Å². The maximum Gasteiger partial charge on any atom is 0.166 e. The van der Waals surface area contributed by atoms with E-state index in [4.69, 9.17) is 20.6 Å². The van der Waals surface area contributed by atoms with Gasteiger partial charge in [0.2, 0.25) is 0 Å². The maximum atomic E-state index is 14.4. The lowest BCUT2D eigenvalue weighted by molar-refractivity contribution is 0.227. The average molecular weight is 456 g/mol. The number of hydrogen-bond acceptors (Lipinski definition) is 5. The van der Waals surface area contributed by atoms with Gasteiger partial charge >= 0.3 is 0 Å². The number of pyridine rings is 2. The predicted octanol–water partition coefficient (Wildman–Crippen LogP) is 5.59. The van der Waals surface area contributed by atoms with Gasteiger partial charge in [0.05, 0.1) is 17.1 Å². The predicted molar refractivity (Wildman–Crippen MR) is 129 cm³/mol. The molecule has 0 saturated heterocycles. The van der Waals surface area contributed by atoms with Gasteiger partial charge in [-0.25, -0.2) is 9.37 Å². The van der Waals surface area contributed by atoms with E-state index in [9.17, 15) is 4.39 Å². The third-order valence-electron chi connectivity index (χ3n) is 6.99. The topological polar surface area (TPSA) is 78.9 Å². The fourth-order valence-corrected chi connectivity index (χ4v) is 5.43. The lowest BCUT2D eigenvalue weighted by Crippen LogP contribution is -2.12. The molecule has 0 radical (unpaired) electrons. The first-order chi connectivity index (χ1) is 16.4. The molecule has 0 fully saturated rings. The summed E-state index contributed by atoms with van der Waals surface area (Å²) in [6, 6.07) is 11.0. The molecule has 1 aliphatic carbocycles. The summed E-state index contributed by atoms with van der Waals surface area (Å²) in [5, 5.41) is 4.95. The van der Waals surface area contributed by atoms with E-state index in [0.717, 1.165) is 64.4 Å². The molecule has 172 valence electrons. The summed E-state index contributed by atoms with van der Waals surface area (Å²) >= 11 is 0. The molecule has 0 spiro atoms. The van der Waals surface area contributed by atoms with Crippen LogP contribution in [-0.4, -0.2) is 19.7 Å². The number of fused-ring (bicyclic) bond motifs is 7. The Labute approximate surface area is 197 Å². The third-order valence-corrected chi connectivity index (χ3v) is 6.99. The second kappa shape index (κ2) is 7.65. The van der Waals surface area contributed by atoms with Crippen molar-refractivity contribution in [2.45, 2.75) is 52.2 Å². The molecule has 34 heavy (non-hydrogen) atoms. The quantitative estimate of drug-likeness (QED) is 0.405. The summed E-state index contributed by atoms with van der Waals surface area (Å²) < 4.78 is 22.8. The second-order valence-corrected chi connectivity index (χ2v) is 9.11. The molecule has 7 heteroatoms. The Balaban J connectivity index is 1.72. The van der Waals surface area contributed by atoms with Crippen LogP contribution in [0.25, 0.3) is 22.5 Å². The number of nitrogens with zero attached hydrogens (tertiary/aromatic N) is 4. The van der Waals surface area contributed by atoms with E-state index in [0.29, 0.717) is 11.6 Å². The number of aromatic nitrogens is 4. The fraction of sp³-hybridized carbons (Fsp3) is 0.296. The van der Waals surface area contributed by atoms with Crippen molar-refractivity contribution in [2.24, 2.45) is 0 Å². The van der Waals surface area contributed by atoms with Crippen molar-refractivity contribution in [3.8, 4) is 28.3 Å². The van der Waals surface area contributed by atoms with Crippen LogP contribution >= 0.6 is 0 Å². The Morgan fingerprint density at radius 1 is 1.18 bits per heavy atom. The van der Waals surface area contributed by atoms with E-state index in [1.807, 2.05) is 30.7 Å². The Hall–Kier alpha value is -3.74. The Morgan fingerprint density at radius 3 is 2.85 bits per heavy atom. The normalized spacial score (nSPS) is 18.2. The zero-order valence-electron chi connectivity index (χ0n) is 19.5. The zero-order valence-corrected chi connectivity index (χ0v) is 19.5. The van der Waals surface area contributed by atoms with E-state index in [1.54, 1.807) is 6.20 Å². The molecule has 1 aliphatic heterocycles. The number of benzene rings is 1. The summed E-state index contributed by atoms with van der Waals surface area (Å²) in [5.74, 6) is 0.592. The monoisotopic (exact) mass is 455 g/mol. The smallest absolute Gasteiger partial charge is 0.166 e. The van der Waals surface area contributed by atoms with Gasteiger partial charge in [0.1, 0.15) is 11.9 Å². The van der Waals surface area contributed by atoms with E-state index in [-0.39, 0.29) is 11.7 Å². The highest BCUT2D eigenvalue weighted by atomic mass is 19.1. The van der Waals surface area contributed by atoms with Crippen LogP contribution in [0.15, 0.2) is 42.6 Å². The van der Waals surface area contributed by atoms with Gasteiger partial charge in [-0.05, 0) is 69.5 Å². The number of ether oxygens (including phenoxy) is 1. The van der Waals surface area contributed by atoms with Crippen LogP contribution in [0.4, 0.5) is 10.2 Å². The van der Waals surface area contributed by atoms with E-state index >= 15 is 0 Å². The van der Waals surface area contributed by atoms with Crippen molar-refractivity contribution in [3.63, 3.8) is 0 Å². The molecule has 6 rings (SSSR count). The average Bonchev–Trinajstić information content (AvgIpc) is 3.39. The molecule has 1 unspecified atom stereocenters. The van der Waals surface area contributed by atoms with Gasteiger partial charge < -0.3 is 10.5 Å². The molecule has 2 bridgehead atoms. The van der Waals surface area contributed by atoms with Gasteiger partial charge in [0.15, 0.2) is 11.6 Å². The minimum absolute atomic E-state index is 0.128. The molecule has 2 N–H and O–H groups in total. The van der Waals surface area contributed by atoms with Crippen LogP contribution in [0.1, 0.15) is 60.4 Å². The van der Waals surface area contributed by atoms with Crippen molar-refractivity contribution < 1.29 is 9.13 Å². The lowest BCUT2D eigenvalue weighted by Gasteiger charge is -2.24. The van der Waals surface area contributed by atoms with Crippen molar-refractivity contribution >= 4 is 5.82 Å². The van der Waals surface area contributed by atoms with E-state index in [1.165, 1.54) is 17.7 Å². The van der Waals surface area contributed by atoms with Crippen LogP contribution < -0.4 is 10.5 Å². The molecule has 0 amide bonds. The first kappa shape index (κ1) is 20.8. The third kappa shape index (κ3) is 3.10. The Bertz CT molecular complexity index is 1440. The Kier molecular flexibility index (Phi) is 4.69. The fourth-order valence-electron chi connectivity index (χ4n) is 5.43. The summed E-state index contributed by atoms with van der Waals surface area (Å²) in [7, 11) is 0. The number of nitrogens with two attached hydrogens (primary N) is 1. The summed E-state index contributed by atoms with van der Waals surface area (Å²) in [6.07, 6.45) is 3.17. The van der Waals surface area contributed by atoms with Gasteiger partial charge in [-0.15, -0.1) is 0 Å². The number of anilines is 1. The standard InChI is InChI=1S/C27H26FN5O/c1-4-33-26-16-11-23(27(29)30-13-16)34-15(3)21-12-17(28)6-8-20(21)25-19(7-5-14(2)31-25)18-9-10-22(32-33)24(18)26/h5-8,11-13,15,18H,4,9-10H2,1-3H3,(H2,29,30)/t15-,18?/m1/s1. The van der Waals surface area contributed by atoms with Crippen LogP contribution in [0.2, 0.25) is 0 Å². The number of aryl methyl sites for hydroxylation is 3. The second-order valence-electron chi connectivity index (χ2n) is 9.11. The maximum absolute atomic E-state index is 14.4. The van der Waals surface area contributed by atoms with E-state index < -0.39 is 6.10 Å². The molecule has 2 aliphatic rings. The summed E-state index contributed by atoms with van der Waals surface area (Å²) in [6.45, 7) is 6.73. The van der Waals surface area contributed by atoms with E-state index in [2.05, 4.69) is 24.0 Å². The van der Waals surface area contributed by atoms with Crippen molar-refractivity contribution in [1.29, 1.82) is 0 Å². The van der Waals surface area contributed by atoms with Crippen LogP contribution in [-0.2, 0) is 13.0 Å². The van der Waals surface area contributed by atoms with Crippen LogP contribution in [0.3, 0.4) is 0 Å². The zero-order chi connectivity index (χ0) is 23.6. The largest absolute Gasteiger partial charge is 0.482 e. The minimum atomic E-state index is -0.464. The van der Waals surface area contributed by atoms with Crippen molar-refractivity contribution in [1.82, 2.24) is 19.7 Å². The lowest BCUT2D eigenvalue weighted by atomic mass is 9.86. The van der Waals surface area contributed by atoms with Gasteiger partial charge in [-0.3, -0.25) is 9.67 Å². The van der Waals surface area contributed by atoms with Crippen LogP contribution in [0, 0.1) is 12.7 Å². The molecule has 1 aromatic carbocycles. The SMILES string of the molecule is CCn1nc2c3c1-c1cnc(N)c(c1)O[C@H](C)c1cc(F)ccc1-c1nc(C)ccc1C3CC2. The highest BCUT2D eigenvalue weighted by molar-refractivity contribution is 5.74. The molecule has 0 saturated carbocycles. The van der Waals surface area contributed by atoms with Crippen LogP contribution in [0.5, 0.6) is 5.75 Å². The first-order valence-corrected chi connectivity index (χ1v) is 11.7. The molecule has 4 aromatic rings. The van der Waals surface area contributed by atoms with Gasteiger partial charge in [0.25, 0.3) is 0 Å². The summed E-state index contributed by atoms with van der Waals surface area (Å²) in [4.78, 5) is 9.42. The number of hydrogen-bond donors (Lipinski definition) is 1. The number of halogens is 1. The first-order valence-electron chi connectivity index (χ1n) is 11.7. The van der Waals surface area contributed by atoms with Gasteiger partial charge in [-0.2, -0.15) is 5.10 Å². The Morgan fingerprint density at radius 2 is 2.03 bits per heavy atom. The summed E-state index contributed by atoms with van der Waals surface area (Å²) in [5.41, 5.74) is 15.0. The molecule has 2 atom stereocenters.